The van der Waals surface area contributed by atoms with Crippen molar-refractivity contribution in [3.05, 3.63) is 54.2 Å². The summed E-state index contributed by atoms with van der Waals surface area (Å²) in [7, 11) is 0. The van der Waals surface area contributed by atoms with E-state index in [1.165, 1.54) is 5.56 Å². The molecule has 1 amide bonds. The van der Waals surface area contributed by atoms with E-state index < -0.39 is 0 Å². The van der Waals surface area contributed by atoms with Crippen LogP contribution in [0, 0.1) is 11.8 Å². The number of likely N-dealkylation sites (tertiary alicyclic amines) is 2. The quantitative estimate of drug-likeness (QED) is 0.868. The fourth-order valence-electron chi connectivity index (χ4n) is 3.69. The van der Waals surface area contributed by atoms with Gasteiger partial charge in [0.25, 0.3) is 5.91 Å². The summed E-state index contributed by atoms with van der Waals surface area (Å²) >= 11 is 0. The molecular formula is C17H19N3O2. The number of hydrogen-bond acceptors (Lipinski definition) is 4. The van der Waals surface area contributed by atoms with Gasteiger partial charge in [0.15, 0.2) is 5.76 Å². The number of carbonyl (C=O) groups is 1. The van der Waals surface area contributed by atoms with Crippen LogP contribution in [0.5, 0.6) is 0 Å². The second-order valence-electron chi connectivity index (χ2n) is 6.26. The maximum atomic E-state index is 12.3. The maximum absolute atomic E-state index is 12.3. The molecule has 0 aliphatic carbocycles. The molecule has 5 nitrogen and oxygen atoms in total. The molecular weight excluding hydrogens is 278 g/mol. The average Bonchev–Trinajstić information content (AvgIpc) is 3.23. The van der Waals surface area contributed by atoms with E-state index in [2.05, 4.69) is 16.0 Å². The SMILES string of the molecule is O=C(c1ccco1)N1CC2CN(Cc3cccnc3)CC2C1. The molecule has 0 spiro atoms. The van der Waals surface area contributed by atoms with Crippen LogP contribution in [0.2, 0.25) is 0 Å². The molecule has 2 aromatic rings. The molecule has 0 saturated carbocycles. The Labute approximate surface area is 129 Å². The molecule has 5 heteroatoms. The molecule has 2 fully saturated rings. The fraction of sp³-hybridized carbons (Fsp3) is 0.412. The largest absolute Gasteiger partial charge is 0.459 e. The molecule has 2 aliphatic rings. The Morgan fingerprint density at radius 2 is 2.00 bits per heavy atom. The highest BCUT2D eigenvalue weighted by molar-refractivity contribution is 5.91. The molecule has 22 heavy (non-hydrogen) atoms. The Balaban J connectivity index is 1.36. The minimum absolute atomic E-state index is 0.0261. The van der Waals surface area contributed by atoms with Gasteiger partial charge >= 0.3 is 0 Å². The van der Waals surface area contributed by atoms with E-state index in [4.69, 9.17) is 4.42 Å². The van der Waals surface area contributed by atoms with E-state index in [9.17, 15) is 4.79 Å². The Morgan fingerprint density at radius 3 is 2.64 bits per heavy atom. The number of carbonyl (C=O) groups excluding carboxylic acids is 1. The summed E-state index contributed by atoms with van der Waals surface area (Å²) < 4.78 is 5.22. The van der Waals surface area contributed by atoms with Gasteiger partial charge in [0.05, 0.1) is 6.26 Å². The van der Waals surface area contributed by atoms with Crippen molar-refractivity contribution in [1.82, 2.24) is 14.8 Å². The number of pyridine rings is 1. The number of rotatable bonds is 3. The number of fused-ring (bicyclic) bond motifs is 1. The zero-order valence-electron chi connectivity index (χ0n) is 12.4. The van der Waals surface area contributed by atoms with Crippen molar-refractivity contribution in [1.29, 1.82) is 0 Å². The Hall–Kier alpha value is -2.14. The zero-order valence-corrected chi connectivity index (χ0v) is 12.4. The first-order valence-electron chi connectivity index (χ1n) is 7.73. The highest BCUT2D eigenvalue weighted by Gasteiger charge is 2.41. The van der Waals surface area contributed by atoms with Crippen molar-refractivity contribution < 1.29 is 9.21 Å². The second-order valence-corrected chi connectivity index (χ2v) is 6.26. The first-order chi connectivity index (χ1) is 10.8. The maximum Gasteiger partial charge on any atom is 0.289 e. The van der Waals surface area contributed by atoms with Gasteiger partial charge in [-0.25, -0.2) is 0 Å². The highest BCUT2D eigenvalue weighted by Crippen LogP contribution is 2.32. The van der Waals surface area contributed by atoms with Gasteiger partial charge in [-0.15, -0.1) is 0 Å². The normalized spacial score (nSPS) is 24.6. The van der Waals surface area contributed by atoms with E-state index >= 15 is 0 Å². The molecule has 2 atom stereocenters. The van der Waals surface area contributed by atoms with Crippen LogP contribution in [-0.2, 0) is 6.54 Å². The lowest BCUT2D eigenvalue weighted by Crippen LogP contribution is -2.32. The van der Waals surface area contributed by atoms with Crippen LogP contribution in [0.1, 0.15) is 16.1 Å². The Bertz CT molecular complexity index is 627. The molecule has 0 aromatic carbocycles. The monoisotopic (exact) mass is 297 g/mol. The van der Waals surface area contributed by atoms with Crippen molar-refractivity contribution >= 4 is 5.91 Å². The van der Waals surface area contributed by atoms with Gasteiger partial charge < -0.3 is 9.32 Å². The molecule has 4 rings (SSSR count). The molecule has 0 N–H and O–H groups in total. The van der Waals surface area contributed by atoms with Crippen LogP contribution >= 0.6 is 0 Å². The van der Waals surface area contributed by atoms with Gasteiger partial charge in [0, 0.05) is 45.1 Å². The van der Waals surface area contributed by atoms with Crippen LogP contribution in [-0.4, -0.2) is 46.9 Å². The van der Waals surface area contributed by atoms with E-state index in [1.54, 1.807) is 24.6 Å². The summed E-state index contributed by atoms with van der Waals surface area (Å²) in [5, 5.41) is 0. The number of furan rings is 1. The molecule has 2 aliphatic heterocycles. The topological polar surface area (TPSA) is 49.6 Å². The average molecular weight is 297 g/mol. The molecule has 4 heterocycles. The summed E-state index contributed by atoms with van der Waals surface area (Å²) in [4.78, 5) is 20.9. The molecule has 2 saturated heterocycles. The predicted molar refractivity (Wildman–Crippen MR) is 81.1 cm³/mol. The minimum atomic E-state index is 0.0261. The Morgan fingerprint density at radius 1 is 1.18 bits per heavy atom. The summed E-state index contributed by atoms with van der Waals surface area (Å²) in [5.74, 6) is 1.64. The summed E-state index contributed by atoms with van der Waals surface area (Å²) in [6, 6.07) is 7.61. The lowest BCUT2D eigenvalue weighted by Gasteiger charge is -2.20. The third-order valence-corrected chi connectivity index (χ3v) is 4.71. The van der Waals surface area contributed by atoms with Gasteiger partial charge in [0.2, 0.25) is 0 Å². The molecule has 2 aromatic heterocycles. The zero-order chi connectivity index (χ0) is 14.9. The molecule has 2 unspecified atom stereocenters. The number of amides is 1. The number of hydrogen-bond donors (Lipinski definition) is 0. The van der Waals surface area contributed by atoms with Crippen molar-refractivity contribution in [3.8, 4) is 0 Å². The number of aromatic nitrogens is 1. The van der Waals surface area contributed by atoms with Gasteiger partial charge in [0.1, 0.15) is 0 Å². The lowest BCUT2D eigenvalue weighted by molar-refractivity contribution is 0.0742. The second kappa shape index (κ2) is 5.57. The summed E-state index contributed by atoms with van der Waals surface area (Å²) in [5.41, 5.74) is 1.26. The van der Waals surface area contributed by atoms with Crippen molar-refractivity contribution in [2.24, 2.45) is 11.8 Å². The van der Waals surface area contributed by atoms with E-state index in [1.807, 2.05) is 17.2 Å². The third-order valence-electron chi connectivity index (χ3n) is 4.71. The van der Waals surface area contributed by atoms with Gasteiger partial charge in [-0.3, -0.25) is 14.7 Å². The summed E-state index contributed by atoms with van der Waals surface area (Å²) in [6.45, 7) is 4.75. The fourth-order valence-corrected chi connectivity index (χ4v) is 3.69. The lowest BCUT2D eigenvalue weighted by atomic mass is 10.0. The molecule has 0 bridgehead atoms. The smallest absolute Gasteiger partial charge is 0.289 e. The van der Waals surface area contributed by atoms with Crippen molar-refractivity contribution in [2.75, 3.05) is 26.2 Å². The van der Waals surface area contributed by atoms with Crippen LogP contribution in [0.15, 0.2) is 47.3 Å². The van der Waals surface area contributed by atoms with Gasteiger partial charge in [-0.05, 0) is 35.6 Å². The third kappa shape index (κ3) is 2.52. The standard InChI is InChI=1S/C17H19N3O2/c21-17(16-4-2-6-22-16)20-11-14-9-19(10-15(14)12-20)8-13-3-1-5-18-7-13/h1-7,14-15H,8-12H2. The van der Waals surface area contributed by atoms with Crippen LogP contribution in [0.25, 0.3) is 0 Å². The van der Waals surface area contributed by atoms with E-state index in [-0.39, 0.29) is 5.91 Å². The van der Waals surface area contributed by atoms with Crippen molar-refractivity contribution in [3.63, 3.8) is 0 Å². The molecule has 114 valence electrons. The molecule has 0 radical (unpaired) electrons. The number of nitrogens with zero attached hydrogens (tertiary/aromatic N) is 3. The first-order valence-corrected chi connectivity index (χ1v) is 7.73. The predicted octanol–water partition coefficient (Wildman–Crippen LogP) is 1.88. The highest BCUT2D eigenvalue weighted by atomic mass is 16.3. The van der Waals surface area contributed by atoms with Crippen LogP contribution < -0.4 is 0 Å². The van der Waals surface area contributed by atoms with Crippen LogP contribution in [0.4, 0.5) is 0 Å². The minimum Gasteiger partial charge on any atom is -0.459 e. The van der Waals surface area contributed by atoms with E-state index in [0.29, 0.717) is 17.6 Å². The van der Waals surface area contributed by atoms with Crippen LogP contribution in [0.3, 0.4) is 0 Å². The van der Waals surface area contributed by atoms with Gasteiger partial charge in [-0.1, -0.05) is 6.07 Å². The van der Waals surface area contributed by atoms with Gasteiger partial charge in [-0.2, -0.15) is 0 Å². The summed E-state index contributed by atoms with van der Waals surface area (Å²) in [6.07, 6.45) is 5.29. The first kappa shape index (κ1) is 13.5. The van der Waals surface area contributed by atoms with E-state index in [0.717, 1.165) is 32.7 Å². The Kier molecular flexibility index (Phi) is 3.42. The van der Waals surface area contributed by atoms with Crippen molar-refractivity contribution in [2.45, 2.75) is 6.54 Å².